The highest BCUT2D eigenvalue weighted by Gasteiger charge is 2.21. The number of rotatable bonds is 4. The number of carbonyl (C=O) groups excluding carboxylic acids is 2. The quantitative estimate of drug-likeness (QED) is 0.573. The largest absolute Gasteiger partial charge is 0.366 e. The zero-order chi connectivity index (χ0) is 19.7. The minimum atomic E-state index is -0.616. The zero-order valence-corrected chi connectivity index (χ0v) is 15.8. The van der Waals surface area contributed by atoms with E-state index in [2.05, 4.69) is 15.4 Å². The fourth-order valence-electron chi connectivity index (χ4n) is 2.86. The molecule has 3 aromatic rings. The molecule has 2 heterocycles. The molecule has 0 atom stereocenters. The average Bonchev–Trinajstić information content (AvgIpc) is 2.99. The molecular formula is C17H16B2ClN5O2. The third-order valence-electron chi connectivity index (χ3n) is 3.99. The summed E-state index contributed by atoms with van der Waals surface area (Å²) in [4.78, 5) is 29.0. The highest BCUT2D eigenvalue weighted by molar-refractivity contribution is 6.33. The molecule has 0 saturated heterocycles. The van der Waals surface area contributed by atoms with Gasteiger partial charge in [0.25, 0.3) is 11.8 Å². The summed E-state index contributed by atoms with van der Waals surface area (Å²) in [6, 6.07) is 8.48. The lowest BCUT2D eigenvalue weighted by Gasteiger charge is -2.14. The summed E-state index contributed by atoms with van der Waals surface area (Å²) in [5.74, 6) is -0.727. The minimum Gasteiger partial charge on any atom is -0.366 e. The average molecular weight is 379 g/mol. The van der Waals surface area contributed by atoms with Crippen molar-refractivity contribution in [2.24, 2.45) is 5.73 Å². The Hall–Kier alpha value is -3.06. The number of primary amides is 1. The first-order valence-corrected chi connectivity index (χ1v) is 8.55. The topological polar surface area (TPSA) is 103 Å². The van der Waals surface area contributed by atoms with Gasteiger partial charge in [-0.1, -0.05) is 29.2 Å². The lowest BCUT2D eigenvalue weighted by Crippen LogP contribution is -2.23. The molecular weight excluding hydrogens is 363 g/mol. The lowest BCUT2D eigenvalue weighted by molar-refractivity contribution is 0.100. The first-order valence-electron chi connectivity index (χ1n) is 8.18. The zero-order valence-electron chi connectivity index (χ0n) is 15.1. The van der Waals surface area contributed by atoms with Crippen molar-refractivity contribution < 1.29 is 9.59 Å². The normalized spacial score (nSPS) is 10.6. The van der Waals surface area contributed by atoms with Crippen LogP contribution in [0.4, 0.5) is 5.69 Å². The van der Waals surface area contributed by atoms with Gasteiger partial charge in [-0.25, -0.2) is 9.67 Å². The van der Waals surface area contributed by atoms with E-state index >= 15 is 0 Å². The van der Waals surface area contributed by atoms with Crippen LogP contribution in [0.25, 0.3) is 5.82 Å². The third-order valence-corrected chi connectivity index (χ3v) is 4.28. The smallest absolute Gasteiger partial charge is 0.274 e. The Morgan fingerprint density at radius 1 is 1.26 bits per heavy atom. The number of nitrogens with zero attached hydrogens (tertiary/aromatic N) is 3. The molecule has 0 radical (unpaired) electrons. The van der Waals surface area contributed by atoms with E-state index < -0.39 is 11.8 Å². The van der Waals surface area contributed by atoms with Crippen LogP contribution in [0.3, 0.4) is 0 Å². The summed E-state index contributed by atoms with van der Waals surface area (Å²) in [5.41, 5.74) is 8.57. The summed E-state index contributed by atoms with van der Waals surface area (Å²) < 4.78 is 1.38. The molecule has 0 aliphatic rings. The molecule has 2 amide bonds. The van der Waals surface area contributed by atoms with E-state index in [4.69, 9.17) is 17.3 Å². The molecule has 3 N–H and O–H groups in total. The van der Waals surface area contributed by atoms with E-state index in [1.54, 1.807) is 45.2 Å². The minimum absolute atomic E-state index is 0.239. The van der Waals surface area contributed by atoms with Gasteiger partial charge in [0, 0.05) is 11.8 Å². The maximum atomic E-state index is 12.9. The van der Waals surface area contributed by atoms with Crippen molar-refractivity contribution in [1.29, 1.82) is 0 Å². The fraction of sp³-hybridized carbons (Fsp3) is 0.0588. The van der Waals surface area contributed by atoms with Crippen molar-refractivity contribution in [3.63, 3.8) is 0 Å². The molecule has 0 aliphatic carbocycles. The van der Waals surface area contributed by atoms with Crippen molar-refractivity contribution in [3.8, 4) is 5.82 Å². The van der Waals surface area contributed by atoms with E-state index in [-0.39, 0.29) is 11.3 Å². The SMILES string of the molecule is Bc1cc(C)c(NC(=O)c2cc(B)nn2-c2ncccc2Cl)c(C(N)=O)c1. The number of aromatic nitrogens is 3. The molecule has 0 aliphatic heterocycles. The van der Waals surface area contributed by atoms with Crippen molar-refractivity contribution in [3.05, 3.63) is 58.4 Å². The van der Waals surface area contributed by atoms with Gasteiger partial charge in [0.05, 0.1) is 16.3 Å². The highest BCUT2D eigenvalue weighted by atomic mass is 35.5. The van der Waals surface area contributed by atoms with Crippen LogP contribution in [0, 0.1) is 6.92 Å². The Labute approximate surface area is 162 Å². The number of hydrogen-bond acceptors (Lipinski definition) is 4. The Morgan fingerprint density at radius 2 is 2.00 bits per heavy atom. The number of hydrogen-bond donors (Lipinski definition) is 2. The number of nitrogens with one attached hydrogen (secondary N) is 1. The Morgan fingerprint density at radius 3 is 2.67 bits per heavy atom. The van der Waals surface area contributed by atoms with E-state index in [9.17, 15) is 9.59 Å². The number of pyridine rings is 1. The van der Waals surface area contributed by atoms with Crippen LogP contribution in [-0.4, -0.2) is 42.3 Å². The van der Waals surface area contributed by atoms with Crippen LogP contribution in [0.15, 0.2) is 36.5 Å². The van der Waals surface area contributed by atoms with Crippen molar-refractivity contribution in [2.75, 3.05) is 5.32 Å². The molecule has 27 heavy (non-hydrogen) atoms. The van der Waals surface area contributed by atoms with E-state index in [1.165, 1.54) is 4.68 Å². The van der Waals surface area contributed by atoms with E-state index in [0.717, 1.165) is 11.0 Å². The second kappa shape index (κ2) is 7.28. The molecule has 134 valence electrons. The number of anilines is 1. The summed E-state index contributed by atoms with van der Waals surface area (Å²) in [5, 5.41) is 7.45. The maximum Gasteiger partial charge on any atom is 0.274 e. The summed E-state index contributed by atoms with van der Waals surface area (Å²) in [6.45, 7) is 1.80. The Balaban J connectivity index is 2.05. The van der Waals surface area contributed by atoms with Crippen molar-refractivity contribution >= 4 is 55.9 Å². The molecule has 0 spiro atoms. The van der Waals surface area contributed by atoms with Crippen molar-refractivity contribution in [1.82, 2.24) is 14.8 Å². The fourth-order valence-corrected chi connectivity index (χ4v) is 3.06. The first-order chi connectivity index (χ1) is 12.8. The molecule has 0 saturated carbocycles. The first kappa shape index (κ1) is 18.7. The van der Waals surface area contributed by atoms with Gasteiger partial charge in [0.2, 0.25) is 0 Å². The van der Waals surface area contributed by atoms with E-state index in [0.29, 0.717) is 22.1 Å². The third kappa shape index (κ3) is 3.73. The molecule has 2 aromatic heterocycles. The molecule has 10 heteroatoms. The number of amides is 2. The Bertz CT molecular complexity index is 1070. The monoisotopic (exact) mass is 379 g/mol. The number of halogens is 1. The van der Waals surface area contributed by atoms with Crippen molar-refractivity contribution in [2.45, 2.75) is 6.92 Å². The Kier molecular flexibility index (Phi) is 5.05. The van der Waals surface area contributed by atoms with Crippen LogP contribution >= 0.6 is 11.6 Å². The number of nitrogens with two attached hydrogens (primary N) is 1. The number of benzene rings is 1. The summed E-state index contributed by atoms with van der Waals surface area (Å²) in [7, 11) is 3.61. The van der Waals surface area contributed by atoms with E-state index in [1.807, 2.05) is 13.9 Å². The molecule has 7 nitrogen and oxygen atoms in total. The second-order valence-corrected chi connectivity index (χ2v) is 6.62. The lowest BCUT2D eigenvalue weighted by atomic mass is 9.90. The predicted molar refractivity (Wildman–Crippen MR) is 110 cm³/mol. The van der Waals surface area contributed by atoms with Crippen LogP contribution in [0.1, 0.15) is 26.4 Å². The van der Waals surface area contributed by atoms with Gasteiger partial charge >= 0.3 is 0 Å². The van der Waals surface area contributed by atoms with Crippen LogP contribution in [0.2, 0.25) is 5.02 Å². The van der Waals surface area contributed by atoms with Gasteiger partial charge in [-0.15, -0.1) is 0 Å². The van der Waals surface area contributed by atoms with Crippen LogP contribution in [0.5, 0.6) is 0 Å². The predicted octanol–water partition coefficient (Wildman–Crippen LogP) is -0.903. The van der Waals surface area contributed by atoms with Gasteiger partial charge in [-0.3, -0.25) is 9.59 Å². The number of aryl methyl sites for hydroxylation is 1. The van der Waals surface area contributed by atoms with Crippen LogP contribution in [-0.2, 0) is 0 Å². The molecule has 0 bridgehead atoms. The van der Waals surface area contributed by atoms with Gasteiger partial charge in [-0.2, -0.15) is 5.10 Å². The van der Waals surface area contributed by atoms with Gasteiger partial charge in [-0.05, 0) is 30.7 Å². The molecule has 1 aromatic carbocycles. The summed E-state index contributed by atoms with van der Waals surface area (Å²) in [6.07, 6.45) is 1.56. The van der Waals surface area contributed by atoms with Crippen LogP contribution < -0.4 is 22.1 Å². The molecule has 0 unspecified atom stereocenters. The molecule has 0 fully saturated rings. The maximum absolute atomic E-state index is 12.9. The summed E-state index contributed by atoms with van der Waals surface area (Å²) >= 11 is 6.20. The number of carbonyl (C=O) groups is 2. The van der Waals surface area contributed by atoms with Gasteiger partial charge in [0.15, 0.2) is 13.7 Å². The van der Waals surface area contributed by atoms with Gasteiger partial charge in [0.1, 0.15) is 13.5 Å². The molecule has 3 rings (SSSR count). The van der Waals surface area contributed by atoms with Gasteiger partial charge < -0.3 is 11.1 Å². The second-order valence-electron chi connectivity index (χ2n) is 6.21. The standard InChI is InChI=1S/C17H16B2ClN5O2/c1-8-5-9(18)6-10(15(21)26)14(8)23-17(27)12-7-13(19)24-25(12)16-11(20)3-2-4-22-16/h2-7H,18-19H2,1H3,(H2,21,26)(H,23,27). The highest BCUT2D eigenvalue weighted by Crippen LogP contribution is 2.22.